The second-order valence-corrected chi connectivity index (χ2v) is 8.28. The van der Waals surface area contributed by atoms with Crippen molar-refractivity contribution >= 4 is 28.3 Å². The van der Waals surface area contributed by atoms with Crippen LogP contribution < -0.4 is 4.74 Å². The van der Waals surface area contributed by atoms with E-state index in [1.54, 1.807) is 0 Å². The van der Waals surface area contributed by atoms with Crippen molar-refractivity contribution in [2.45, 2.75) is 33.0 Å². The normalized spacial score (nSPS) is 18.4. The summed E-state index contributed by atoms with van der Waals surface area (Å²) in [5, 5.41) is 10.5. The third-order valence-corrected chi connectivity index (χ3v) is 5.36. The lowest BCUT2D eigenvalue weighted by molar-refractivity contribution is -0.0460. The molecule has 28 heavy (non-hydrogen) atoms. The van der Waals surface area contributed by atoms with Crippen LogP contribution in [0.25, 0.3) is 0 Å². The topological polar surface area (TPSA) is 41.9 Å². The van der Waals surface area contributed by atoms with Gasteiger partial charge in [-0.2, -0.15) is 0 Å². The number of aryl methyl sites for hydroxylation is 3. The summed E-state index contributed by atoms with van der Waals surface area (Å²) in [5.74, 6) is 0.883. The van der Waals surface area contributed by atoms with Gasteiger partial charge < -0.3 is 14.6 Å². The minimum absolute atomic E-state index is 0. The molecule has 4 nitrogen and oxygen atoms in total. The third-order valence-electron chi connectivity index (χ3n) is 4.86. The molecule has 1 aliphatic heterocycles. The second-order valence-electron chi connectivity index (χ2n) is 7.37. The fourth-order valence-corrected chi connectivity index (χ4v) is 4.12. The van der Waals surface area contributed by atoms with Crippen molar-refractivity contribution in [3.63, 3.8) is 0 Å². The van der Waals surface area contributed by atoms with Gasteiger partial charge in [0, 0.05) is 24.1 Å². The first-order chi connectivity index (χ1) is 12.9. The van der Waals surface area contributed by atoms with Gasteiger partial charge in [-0.15, -0.1) is 12.4 Å². The first-order valence-electron chi connectivity index (χ1n) is 9.40. The van der Waals surface area contributed by atoms with Gasteiger partial charge in [-0.3, -0.25) is 4.90 Å². The van der Waals surface area contributed by atoms with Gasteiger partial charge in [0.1, 0.15) is 18.5 Å². The average molecular weight is 471 g/mol. The van der Waals surface area contributed by atoms with Crippen LogP contribution >= 0.6 is 28.3 Å². The van der Waals surface area contributed by atoms with Gasteiger partial charge in [0.15, 0.2) is 0 Å². The smallest absolute Gasteiger partial charge is 0.125 e. The molecule has 1 saturated heterocycles. The van der Waals surface area contributed by atoms with Gasteiger partial charge in [-0.1, -0.05) is 45.8 Å². The Hall–Kier alpha value is -1.11. The molecule has 1 heterocycles. The number of nitrogens with zero attached hydrogens (tertiary/aromatic N) is 1. The van der Waals surface area contributed by atoms with Gasteiger partial charge in [-0.05, 0) is 49.6 Å². The highest BCUT2D eigenvalue weighted by molar-refractivity contribution is 9.10. The molecule has 0 aliphatic carbocycles. The maximum atomic E-state index is 10.5. The van der Waals surface area contributed by atoms with Crippen LogP contribution in [0, 0.1) is 20.8 Å². The van der Waals surface area contributed by atoms with Crippen LogP contribution in [-0.2, 0) is 4.74 Å². The molecule has 0 amide bonds. The molecule has 0 spiro atoms. The highest BCUT2D eigenvalue weighted by atomic mass is 79.9. The number of halogens is 2. The Bertz CT molecular complexity index is 763. The summed E-state index contributed by atoms with van der Waals surface area (Å²) >= 11 is 3.52. The second kappa shape index (κ2) is 10.6. The first kappa shape index (κ1) is 23.2. The number of morpholine rings is 1. The molecule has 0 radical (unpaired) electrons. The molecule has 0 saturated carbocycles. The van der Waals surface area contributed by atoms with E-state index in [9.17, 15) is 5.11 Å². The minimum atomic E-state index is -0.536. The molecule has 2 atom stereocenters. The maximum Gasteiger partial charge on any atom is 0.125 e. The molecule has 6 heteroatoms. The van der Waals surface area contributed by atoms with Crippen LogP contribution in [0.15, 0.2) is 40.9 Å². The highest BCUT2D eigenvalue weighted by Gasteiger charge is 2.24. The standard InChI is InChI=1S/C22H28BrNO3.ClH/c1-15-9-16(2)22(17(3)10-15)27-14-20(25)12-24-7-8-26-21(13-24)18-5-4-6-19(23)11-18;/h4-6,9-11,20-21,25H,7-8,12-14H2,1-3H3;1H. The van der Waals surface area contributed by atoms with Crippen molar-refractivity contribution in [1.29, 1.82) is 0 Å². The number of benzene rings is 2. The summed E-state index contributed by atoms with van der Waals surface area (Å²) in [7, 11) is 0. The largest absolute Gasteiger partial charge is 0.490 e. The Morgan fingerprint density at radius 3 is 2.61 bits per heavy atom. The van der Waals surface area contributed by atoms with E-state index in [0.717, 1.165) is 40.0 Å². The van der Waals surface area contributed by atoms with Gasteiger partial charge in [-0.25, -0.2) is 0 Å². The van der Waals surface area contributed by atoms with Crippen LogP contribution in [0.3, 0.4) is 0 Å². The summed E-state index contributed by atoms with van der Waals surface area (Å²) < 4.78 is 12.9. The van der Waals surface area contributed by atoms with E-state index in [0.29, 0.717) is 19.8 Å². The van der Waals surface area contributed by atoms with Crippen molar-refractivity contribution in [3.8, 4) is 5.75 Å². The predicted octanol–water partition coefficient (Wildman–Crippen LogP) is 4.61. The molecule has 3 rings (SSSR count). The summed E-state index contributed by atoms with van der Waals surface area (Å²) in [6, 6.07) is 12.4. The van der Waals surface area contributed by atoms with Crippen LogP contribution in [0.1, 0.15) is 28.4 Å². The first-order valence-corrected chi connectivity index (χ1v) is 10.2. The van der Waals surface area contributed by atoms with Crippen molar-refractivity contribution in [1.82, 2.24) is 4.90 Å². The monoisotopic (exact) mass is 469 g/mol. The minimum Gasteiger partial charge on any atom is -0.490 e. The molecule has 1 N–H and O–H groups in total. The number of aliphatic hydroxyl groups is 1. The van der Waals surface area contributed by atoms with E-state index in [2.05, 4.69) is 52.0 Å². The Morgan fingerprint density at radius 2 is 1.93 bits per heavy atom. The molecule has 2 aromatic rings. The van der Waals surface area contributed by atoms with Crippen LogP contribution in [0.4, 0.5) is 0 Å². The molecule has 154 valence electrons. The van der Waals surface area contributed by atoms with E-state index in [1.807, 2.05) is 26.0 Å². The lowest BCUT2D eigenvalue weighted by Gasteiger charge is -2.34. The zero-order chi connectivity index (χ0) is 19.4. The number of β-amino-alcohol motifs (C(OH)–C–C–N with tert-alkyl or cyclic N) is 1. The van der Waals surface area contributed by atoms with Gasteiger partial charge >= 0.3 is 0 Å². The molecule has 2 aromatic carbocycles. The lowest BCUT2D eigenvalue weighted by atomic mass is 10.1. The van der Waals surface area contributed by atoms with E-state index in [-0.39, 0.29) is 18.5 Å². The molecule has 1 fully saturated rings. The quantitative estimate of drug-likeness (QED) is 0.669. The average Bonchev–Trinajstić information content (AvgIpc) is 2.61. The van der Waals surface area contributed by atoms with Crippen molar-refractivity contribution in [2.75, 3.05) is 32.8 Å². The van der Waals surface area contributed by atoms with Crippen LogP contribution in [-0.4, -0.2) is 49.0 Å². The van der Waals surface area contributed by atoms with E-state index in [4.69, 9.17) is 9.47 Å². The number of ether oxygens (including phenoxy) is 2. The SMILES string of the molecule is Cc1cc(C)c(OCC(O)CN2CCOC(c3cccc(Br)c3)C2)c(C)c1.Cl. The van der Waals surface area contributed by atoms with Crippen LogP contribution in [0.2, 0.25) is 0 Å². The Labute approximate surface area is 182 Å². The summed E-state index contributed by atoms with van der Waals surface area (Å²) in [6.45, 7) is 9.32. The Kier molecular flexibility index (Phi) is 8.78. The summed E-state index contributed by atoms with van der Waals surface area (Å²) in [6.07, 6.45) is -0.502. The zero-order valence-corrected chi connectivity index (χ0v) is 19.1. The Balaban J connectivity index is 0.00000280. The lowest BCUT2D eigenvalue weighted by Crippen LogP contribution is -2.43. The summed E-state index contributed by atoms with van der Waals surface area (Å²) in [4.78, 5) is 2.25. The van der Waals surface area contributed by atoms with Crippen molar-refractivity contribution in [3.05, 3.63) is 63.1 Å². The molecular formula is C22H29BrClNO3. The number of hydrogen-bond acceptors (Lipinski definition) is 4. The van der Waals surface area contributed by atoms with Crippen molar-refractivity contribution < 1.29 is 14.6 Å². The van der Waals surface area contributed by atoms with Gasteiger partial charge in [0.05, 0.1) is 12.7 Å². The zero-order valence-electron chi connectivity index (χ0n) is 16.7. The maximum absolute atomic E-state index is 10.5. The fraction of sp³-hybridized carbons (Fsp3) is 0.455. The summed E-state index contributed by atoms with van der Waals surface area (Å²) in [5.41, 5.74) is 4.61. The highest BCUT2D eigenvalue weighted by Crippen LogP contribution is 2.26. The molecule has 1 aliphatic rings. The van der Waals surface area contributed by atoms with E-state index < -0.39 is 6.10 Å². The van der Waals surface area contributed by atoms with Gasteiger partial charge in [0.2, 0.25) is 0 Å². The van der Waals surface area contributed by atoms with Crippen molar-refractivity contribution in [2.24, 2.45) is 0 Å². The Morgan fingerprint density at radius 1 is 1.21 bits per heavy atom. The fourth-order valence-electron chi connectivity index (χ4n) is 3.70. The molecular weight excluding hydrogens is 442 g/mol. The number of hydrogen-bond donors (Lipinski definition) is 1. The number of aliphatic hydroxyl groups excluding tert-OH is 1. The van der Waals surface area contributed by atoms with E-state index >= 15 is 0 Å². The predicted molar refractivity (Wildman–Crippen MR) is 119 cm³/mol. The van der Waals surface area contributed by atoms with Crippen LogP contribution in [0.5, 0.6) is 5.75 Å². The molecule has 0 bridgehead atoms. The molecule has 2 unspecified atom stereocenters. The van der Waals surface area contributed by atoms with Gasteiger partial charge in [0.25, 0.3) is 0 Å². The third kappa shape index (κ3) is 6.19. The molecule has 0 aromatic heterocycles. The number of rotatable bonds is 6. The van der Waals surface area contributed by atoms with E-state index in [1.165, 1.54) is 5.56 Å².